The fourth-order valence-corrected chi connectivity index (χ4v) is 4.31. The number of para-hydroxylation sites is 1. The van der Waals surface area contributed by atoms with Crippen LogP contribution in [0.5, 0.6) is 5.88 Å². The molecular formula is C24H26N4O2S. The molecule has 1 aliphatic heterocycles. The summed E-state index contributed by atoms with van der Waals surface area (Å²) in [4.78, 5) is 19.3. The zero-order valence-electron chi connectivity index (χ0n) is 18.4. The van der Waals surface area contributed by atoms with Crippen molar-refractivity contribution >= 4 is 23.4 Å². The largest absolute Gasteiger partial charge is 0.447 e. The molecule has 0 aliphatic carbocycles. The SMILES string of the molecule is CC(=O)N1c2ccccc2-c2nnc(SCC(C)C)nc2O[C@H]1c1cc(C)ccc1C. The lowest BCUT2D eigenvalue weighted by Gasteiger charge is -2.31. The van der Waals surface area contributed by atoms with Crippen LogP contribution in [0.2, 0.25) is 0 Å². The second-order valence-electron chi connectivity index (χ2n) is 8.19. The summed E-state index contributed by atoms with van der Waals surface area (Å²) in [6.45, 7) is 9.91. The average molecular weight is 435 g/mol. The molecular weight excluding hydrogens is 408 g/mol. The monoisotopic (exact) mass is 434 g/mol. The third-order valence-electron chi connectivity index (χ3n) is 5.10. The van der Waals surface area contributed by atoms with Gasteiger partial charge in [0, 0.05) is 23.8 Å². The van der Waals surface area contributed by atoms with Gasteiger partial charge >= 0.3 is 0 Å². The van der Waals surface area contributed by atoms with Crippen LogP contribution in [-0.4, -0.2) is 26.8 Å². The first-order valence-electron chi connectivity index (χ1n) is 10.4. The highest BCUT2D eigenvalue weighted by atomic mass is 32.2. The van der Waals surface area contributed by atoms with Crippen molar-refractivity contribution < 1.29 is 9.53 Å². The molecule has 0 saturated carbocycles. The summed E-state index contributed by atoms with van der Waals surface area (Å²) >= 11 is 1.55. The van der Waals surface area contributed by atoms with Gasteiger partial charge in [0.05, 0.1) is 5.69 Å². The molecule has 1 atom stereocenters. The van der Waals surface area contributed by atoms with Crippen molar-refractivity contribution in [3.63, 3.8) is 0 Å². The number of carbonyl (C=O) groups excluding carboxylic acids is 1. The van der Waals surface area contributed by atoms with Gasteiger partial charge in [-0.1, -0.05) is 67.6 Å². The Labute approximate surface area is 187 Å². The smallest absolute Gasteiger partial charge is 0.247 e. The van der Waals surface area contributed by atoms with Gasteiger partial charge in [0.2, 0.25) is 23.2 Å². The molecule has 0 fully saturated rings. The van der Waals surface area contributed by atoms with Crippen LogP contribution in [0.25, 0.3) is 11.3 Å². The Hall–Kier alpha value is -2.93. The third kappa shape index (κ3) is 4.28. The molecule has 0 N–H and O–H groups in total. The molecule has 160 valence electrons. The van der Waals surface area contributed by atoms with E-state index >= 15 is 0 Å². The normalized spacial score (nSPS) is 15.2. The van der Waals surface area contributed by atoms with Crippen LogP contribution in [0, 0.1) is 19.8 Å². The van der Waals surface area contributed by atoms with Crippen LogP contribution in [0.15, 0.2) is 47.6 Å². The van der Waals surface area contributed by atoms with Crippen LogP contribution in [-0.2, 0) is 4.79 Å². The molecule has 6 nitrogen and oxygen atoms in total. The number of benzene rings is 2. The summed E-state index contributed by atoms with van der Waals surface area (Å²) in [7, 11) is 0. The number of nitrogens with zero attached hydrogens (tertiary/aromatic N) is 4. The topological polar surface area (TPSA) is 68.2 Å². The van der Waals surface area contributed by atoms with E-state index in [0.717, 1.165) is 33.7 Å². The summed E-state index contributed by atoms with van der Waals surface area (Å²) in [5, 5.41) is 9.36. The number of rotatable bonds is 4. The first-order valence-corrected chi connectivity index (χ1v) is 11.3. The van der Waals surface area contributed by atoms with Gasteiger partial charge in [-0.25, -0.2) is 0 Å². The Bertz CT molecular complexity index is 1130. The van der Waals surface area contributed by atoms with E-state index in [-0.39, 0.29) is 5.91 Å². The van der Waals surface area contributed by atoms with E-state index in [0.29, 0.717) is 22.6 Å². The molecule has 2 aromatic carbocycles. The van der Waals surface area contributed by atoms with E-state index in [9.17, 15) is 4.79 Å². The van der Waals surface area contributed by atoms with Gasteiger partial charge < -0.3 is 4.74 Å². The van der Waals surface area contributed by atoms with Gasteiger partial charge in [-0.05, 0) is 31.4 Å². The maximum absolute atomic E-state index is 12.9. The molecule has 31 heavy (non-hydrogen) atoms. The second-order valence-corrected chi connectivity index (χ2v) is 9.18. The maximum Gasteiger partial charge on any atom is 0.247 e. The Kier molecular flexibility index (Phi) is 5.96. The number of hydrogen-bond donors (Lipinski definition) is 0. The summed E-state index contributed by atoms with van der Waals surface area (Å²) < 4.78 is 6.46. The molecule has 4 rings (SSSR count). The first-order chi connectivity index (χ1) is 14.8. The number of thioether (sulfide) groups is 1. The molecule has 0 spiro atoms. The lowest BCUT2D eigenvalue weighted by Crippen LogP contribution is -2.36. The van der Waals surface area contributed by atoms with Gasteiger partial charge in [-0.15, -0.1) is 10.2 Å². The van der Waals surface area contributed by atoms with Crippen LogP contribution in [0.4, 0.5) is 5.69 Å². The minimum absolute atomic E-state index is 0.117. The maximum atomic E-state index is 12.9. The average Bonchev–Trinajstić information content (AvgIpc) is 2.88. The summed E-state index contributed by atoms with van der Waals surface area (Å²) in [5.74, 6) is 1.67. The standard InChI is InChI=1S/C24H26N4O2S/c1-14(2)13-31-24-25-22-21(26-27-24)18-8-6-7-9-20(18)28(17(5)29)23(30-22)19-12-15(3)10-11-16(19)4/h6-12,14,23H,13H2,1-5H3/t23-/m0/s1. The zero-order chi connectivity index (χ0) is 22.1. The molecule has 2 heterocycles. The summed E-state index contributed by atoms with van der Waals surface area (Å²) in [6, 6.07) is 13.8. The van der Waals surface area contributed by atoms with Crippen molar-refractivity contribution in [1.82, 2.24) is 15.2 Å². The highest BCUT2D eigenvalue weighted by Gasteiger charge is 2.35. The number of aryl methyl sites for hydroxylation is 2. The molecule has 1 aromatic heterocycles. The molecule has 0 bridgehead atoms. The first kappa shape index (κ1) is 21.3. The predicted molar refractivity (Wildman–Crippen MR) is 123 cm³/mol. The van der Waals surface area contributed by atoms with Crippen molar-refractivity contribution in [2.45, 2.75) is 46.0 Å². The molecule has 7 heteroatoms. The van der Waals surface area contributed by atoms with Crippen molar-refractivity contribution in [3.8, 4) is 17.1 Å². The highest BCUT2D eigenvalue weighted by molar-refractivity contribution is 7.99. The Balaban J connectivity index is 1.91. The Morgan fingerprint density at radius 3 is 2.68 bits per heavy atom. The highest BCUT2D eigenvalue weighted by Crippen LogP contribution is 2.43. The molecule has 0 radical (unpaired) electrons. The van der Waals surface area contributed by atoms with Gasteiger partial charge in [0.1, 0.15) is 0 Å². The van der Waals surface area contributed by atoms with Gasteiger partial charge in [0.15, 0.2) is 5.69 Å². The number of fused-ring (bicyclic) bond motifs is 3. The zero-order valence-corrected chi connectivity index (χ0v) is 19.2. The Morgan fingerprint density at radius 1 is 1.16 bits per heavy atom. The summed E-state index contributed by atoms with van der Waals surface area (Å²) in [5.41, 5.74) is 5.12. The molecule has 1 aliphatic rings. The van der Waals surface area contributed by atoms with Crippen molar-refractivity contribution in [1.29, 1.82) is 0 Å². The molecule has 0 unspecified atom stereocenters. The van der Waals surface area contributed by atoms with Crippen molar-refractivity contribution in [2.24, 2.45) is 5.92 Å². The molecule has 3 aromatic rings. The van der Waals surface area contributed by atoms with E-state index in [2.05, 4.69) is 36.2 Å². The minimum Gasteiger partial charge on any atom is -0.447 e. The van der Waals surface area contributed by atoms with E-state index in [4.69, 9.17) is 9.72 Å². The van der Waals surface area contributed by atoms with E-state index < -0.39 is 6.23 Å². The number of amides is 1. The lowest BCUT2D eigenvalue weighted by atomic mass is 10.0. The number of anilines is 1. The van der Waals surface area contributed by atoms with Crippen LogP contribution >= 0.6 is 11.8 Å². The molecule has 0 saturated heterocycles. The number of ether oxygens (including phenoxy) is 1. The van der Waals surface area contributed by atoms with Crippen LogP contribution < -0.4 is 9.64 Å². The number of carbonyl (C=O) groups is 1. The third-order valence-corrected chi connectivity index (χ3v) is 6.36. The predicted octanol–water partition coefficient (Wildman–Crippen LogP) is 5.35. The Morgan fingerprint density at radius 2 is 1.94 bits per heavy atom. The van der Waals surface area contributed by atoms with Gasteiger partial charge in [-0.3, -0.25) is 9.69 Å². The minimum atomic E-state index is -0.653. The van der Waals surface area contributed by atoms with E-state index in [1.807, 2.05) is 44.2 Å². The number of hydrogen-bond acceptors (Lipinski definition) is 6. The van der Waals surface area contributed by atoms with E-state index in [1.165, 1.54) is 0 Å². The van der Waals surface area contributed by atoms with Crippen LogP contribution in [0.3, 0.4) is 0 Å². The lowest BCUT2D eigenvalue weighted by molar-refractivity contribution is -0.118. The second kappa shape index (κ2) is 8.67. The van der Waals surface area contributed by atoms with Crippen LogP contribution in [0.1, 0.15) is 43.7 Å². The van der Waals surface area contributed by atoms with Crippen molar-refractivity contribution in [2.75, 3.05) is 10.7 Å². The van der Waals surface area contributed by atoms with Gasteiger partial charge in [0.25, 0.3) is 0 Å². The molecule has 1 amide bonds. The van der Waals surface area contributed by atoms with Crippen molar-refractivity contribution in [3.05, 3.63) is 59.2 Å². The van der Waals surface area contributed by atoms with Gasteiger partial charge in [-0.2, -0.15) is 4.98 Å². The fourth-order valence-electron chi connectivity index (χ4n) is 3.58. The van der Waals surface area contributed by atoms with E-state index in [1.54, 1.807) is 23.6 Å². The fraction of sp³-hybridized carbons (Fsp3) is 0.333. The number of aromatic nitrogens is 3. The summed E-state index contributed by atoms with van der Waals surface area (Å²) in [6.07, 6.45) is -0.653. The quantitative estimate of drug-likeness (QED) is 0.516.